The van der Waals surface area contributed by atoms with Gasteiger partial charge in [-0.2, -0.15) is 5.26 Å². The first-order valence-corrected chi connectivity index (χ1v) is 6.24. The fourth-order valence-electron chi connectivity index (χ4n) is 2.01. The molecule has 1 unspecified atom stereocenters. The molecule has 0 amide bonds. The zero-order valence-electron chi connectivity index (χ0n) is 11.3. The van der Waals surface area contributed by atoms with Crippen molar-refractivity contribution in [2.75, 3.05) is 5.32 Å². The Morgan fingerprint density at radius 2 is 1.95 bits per heavy atom. The lowest BCUT2D eigenvalue weighted by Crippen LogP contribution is -2.40. The van der Waals surface area contributed by atoms with E-state index in [9.17, 15) is 14.3 Å². The average Bonchev–Trinajstić information content (AvgIpc) is 2.49. The number of aliphatic carboxylic acids is 1. The SMILES string of the molecule is CC(Nc1ccc(F)cc1C#N)(C(=O)O)c1ccccc1. The molecule has 0 saturated carbocycles. The van der Waals surface area contributed by atoms with Gasteiger partial charge in [-0.25, -0.2) is 9.18 Å². The van der Waals surface area contributed by atoms with Crippen molar-refractivity contribution in [2.24, 2.45) is 0 Å². The number of benzene rings is 2. The normalized spacial score (nSPS) is 13.0. The minimum Gasteiger partial charge on any atom is -0.479 e. The molecule has 0 fully saturated rings. The first kappa shape index (κ1) is 14.5. The molecule has 0 saturated heterocycles. The van der Waals surface area contributed by atoms with Gasteiger partial charge in [0.15, 0.2) is 5.54 Å². The van der Waals surface area contributed by atoms with E-state index in [0.717, 1.165) is 6.07 Å². The maximum absolute atomic E-state index is 13.2. The largest absolute Gasteiger partial charge is 0.479 e. The number of carboxylic acids is 1. The number of nitrogens with zero attached hydrogens (tertiary/aromatic N) is 1. The Bertz CT molecular complexity index is 710. The first-order chi connectivity index (χ1) is 9.97. The van der Waals surface area contributed by atoms with Crippen LogP contribution in [0.15, 0.2) is 48.5 Å². The number of halogens is 1. The van der Waals surface area contributed by atoms with E-state index in [-0.39, 0.29) is 11.3 Å². The van der Waals surface area contributed by atoms with E-state index in [0.29, 0.717) is 5.56 Å². The maximum atomic E-state index is 13.2. The van der Waals surface area contributed by atoms with Crippen molar-refractivity contribution in [3.63, 3.8) is 0 Å². The van der Waals surface area contributed by atoms with Crippen LogP contribution in [-0.4, -0.2) is 11.1 Å². The first-order valence-electron chi connectivity index (χ1n) is 6.24. The van der Waals surface area contributed by atoms with Crippen molar-refractivity contribution in [3.8, 4) is 6.07 Å². The number of hydrogen-bond donors (Lipinski definition) is 2. The molecule has 0 bridgehead atoms. The molecule has 21 heavy (non-hydrogen) atoms. The molecule has 0 aliphatic rings. The molecule has 2 N–H and O–H groups in total. The lowest BCUT2D eigenvalue weighted by Gasteiger charge is -2.28. The smallest absolute Gasteiger partial charge is 0.333 e. The van der Waals surface area contributed by atoms with Gasteiger partial charge in [0.05, 0.1) is 11.3 Å². The minimum absolute atomic E-state index is 0.0541. The van der Waals surface area contributed by atoms with Crippen molar-refractivity contribution >= 4 is 11.7 Å². The zero-order chi connectivity index (χ0) is 15.5. The van der Waals surface area contributed by atoms with E-state index in [1.165, 1.54) is 19.1 Å². The van der Waals surface area contributed by atoms with Gasteiger partial charge in [0.2, 0.25) is 0 Å². The topological polar surface area (TPSA) is 73.1 Å². The quantitative estimate of drug-likeness (QED) is 0.904. The minimum atomic E-state index is -1.43. The number of carboxylic acid groups (broad SMARTS) is 1. The van der Waals surface area contributed by atoms with Crippen molar-refractivity contribution < 1.29 is 14.3 Å². The molecule has 0 heterocycles. The van der Waals surface area contributed by atoms with Gasteiger partial charge in [0, 0.05) is 0 Å². The van der Waals surface area contributed by atoms with Crippen molar-refractivity contribution in [1.82, 2.24) is 0 Å². The summed E-state index contributed by atoms with van der Waals surface area (Å²) in [4.78, 5) is 11.7. The highest BCUT2D eigenvalue weighted by Gasteiger charge is 2.35. The second kappa shape index (κ2) is 5.63. The lowest BCUT2D eigenvalue weighted by atomic mass is 9.91. The van der Waals surface area contributed by atoms with Crippen molar-refractivity contribution in [2.45, 2.75) is 12.5 Å². The summed E-state index contributed by atoms with van der Waals surface area (Å²) in [6.45, 7) is 1.50. The zero-order valence-corrected chi connectivity index (χ0v) is 11.3. The van der Waals surface area contributed by atoms with Gasteiger partial charge in [-0.15, -0.1) is 0 Å². The third-order valence-corrected chi connectivity index (χ3v) is 3.27. The summed E-state index contributed by atoms with van der Waals surface area (Å²) >= 11 is 0. The highest BCUT2D eigenvalue weighted by Crippen LogP contribution is 2.28. The van der Waals surface area contributed by atoms with Crippen LogP contribution < -0.4 is 5.32 Å². The number of anilines is 1. The third kappa shape index (κ3) is 2.84. The number of nitrogens with one attached hydrogen (secondary N) is 1. The molecule has 0 aliphatic carbocycles. The van der Waals surface area contributed by atoms with E-state index in [2.05, 4.69) is 5.32 Å². The van der Waals surface area contributed by atoms with Gasteiger partial charge in [-0.3, -0.25) is 0 Å². The summed E-state index contributed by atoms with van der Waals surface area (Å²) < 4.78 is 13.2. The summed E-state index contributed by atoms with van der Waals surface area (Å²) in [5, 5.41) is 21.4. The molecule has 0 aromatic heterocycles. The van der Waals surface area contributed by atoms with Crippen LogP contribution >= 0.6 is 0 Å². The summed E-state index contributed by atoms with van der Waals surface area (Å²) in [6.07, 6.45) is 0. The van der Waals surface area contributed by atoms with Crippen LogP contribution in [0, 0.1) is 17.1 Å². The van der Waals surface area contributed by atoms with E-state index in [4.69, 9.17) is 5.26 Å². The molecule has 2 aromatic rings. The molecule has 106 valence electrons. The molecular weight excluding hydrogens is 271 g/mol. The van der Waals surface area contributed by atoms with Gasteiger partial charge in [-0.05, 0) is 30.7 Å². The molecule has 5 heteroatoms. The van der Waals surface area contributed by atoms with Crippen LogP contribution in [-0.2, 0) is 10.3 Å². The molecule has 0 aliphatic heterocycles. The van der Waals surface area contributed by atoms with Crippen LogP contribution in [0.5, 0.6) is 0 Å². The number of carbonyl (C=O) groups is 1. The Hall–Kier alpha value is -2.87. The Morgan fingerprint density at radius 1 is 1.29 bits per heavy atom. The summed E-state index contributed by atoms with van der Waals surface area (Å²) in [7, 11) is 0. The van der Waals surface area contributed by atoms with Gasteiger partial charge in [0.25, 0.3) is 0 Å². The van der Waals surface area contributed by atoms with Crippen LogP contribution in [0.2, 0.25) is 0 Å². The number of nitriles is 1. The Labute approximate surface area is 121 Å². The van der Waals surface area contributed by atoms with Crippen LogP contribution in [0.3, 0.4) is 0 Å². The monoisotopic (exact) mass is 284 g/mol. The molecule has 1 atom stereocenters. The van der Waals surface area contributed by atoms with E-state index in [1.54, 1.807) is 30.3 Å². The highest BCUT2D eigenvalue weighted by atomic mass is 19.1. The highest BCUT2D eigenvalue weighted by molar-refractivity contribution is 5.84. The standard InChI is InChI=1S/C16H13FN2O2/c1-16(15(20)21,12-5-3-2-4-6-12)19-14-8-7-13(17)9-11(14)10-18/h2-9,19H,1H3,(H,20,21). The fraction of sp³-hybridized carbons (Fsp3) is 0.125. The molecule has 2 rings (SSSR count). The molecule has 2 aromatic carbocycles. The molecule has 0 radical (unpaired) electrons. The predicted octanol–water partition coefficient (Wildman–Crippen LogP) is 3.11. The van der Waals surface area contributed by atoms with E-state index in [1.807, 2.05) is 6.07 Å². The van der Waals surface area contributed by atoms with Crippen LogP contribution in [0.4, 0.5) is 10.1 Å². The van der Waals surface area contributed by atoms with Crippen molar-refractivity contribution in [3.05, 3.63) is 65.5 Å². The number of rotatable bonds is 4. The Kier molecular flexibility index (Phi) is 3.90. The Morgan fingerprint density at radius 3 is 2.52 bits per heavy atom. The molecular formula is C16H13FN2O2. The van der Waals surface area contributed by atoms with E-state index < -0.39 is 17.3 Å². The summed E-state index contributed by atoms with van der Waals surface area (Å²) in [5.74, 6) is -1.64. The lowest BCUT2D eigenvalue weighted by molar-refractivity contribution is -0.142. The van der Waals surface area contributed by atoms with E-state index >= 15 is 0 Å². The second-order valence-corrected chi connectivity index (χ2v) is 4.72. The maximum Gasteiger partial charge on any atom is 0.333 e. The van der Waals surface area contributed by atoms with Gasteiger partial charge in [-0.1, -0.05) is 30.3 Å². The van der Waals surface area contributed by atoms with Crippen LogP contribution in [0.25, 0.3) is 0 Å². The van der Waals surface area contributed by atoms with Crippen molar-refractivity contribution in [1.29, 1.82) is 5.26 Å². The van der Waals surface area contributed by atoms with Crippen LogP contribution in [0.1, 0.15) is 18.1 Å². The average molecular weight is 284 g/mol. The summed E-state index contributed by atoms with van der Waals surface area (Å²) in [5.41, 5.74) is -0.568. The predicted molar refractivity (Wildman–Crippen MR) is 76.2 cm³/mol. The fourth-order valence-corrected chi connectivity index (χ4v) is 2.01. The second-order valence-electron chi connectivity index (χ2n) is 4.72. The number of hydrogen-bond acceptors (Lipinski definition) is 3. The molecule has 4 nitrogen and oxygen atoms in total. The van der Waals surface area contributed by atoms with Gasteiger partial charge in [0.1, 0.15) is 11.9 Å². The summed E-state index contributed by atoms with van der Waals surface area (Å²) in [6, 6.07) is 14.1. The Balaban J connectivity index is 2.48. The third-order valence-electron chi connectivity index (χ3n) is 3.27. The molecule has 0 spiro atoms. The van der Waals surface area contributed by atoms with Gasteiger partial charge < -0.3 is 10.4 Å². The van der Waals surface area contributed by atoms with Gasteiger partial charge >= 0.3 is 5.97 Å².